The third kappa shape index (κ3) is 5.69. The molecule has 3 aromatic rings. The van der Waals surface area contributed by atoms with Gasteiger partial charge in [-0.1, -0.05) is 24.3 Å². The normalized spacial score (nSPS) is 12.0. The van der Waals surface area contributed by atoms with Crippen molar-refractivity contribution in [3.63, 3.8) is 0 Å². The Bertz CT molecular complexity index is 1040. The minimum atomic E-state index is -4.56. The minimum Gasteiger partial charge on any atom is -0.493 e. The Morgan fingerprint density at radius 2 is 1.52 bits per heavy atom. The number of benzene rings is 3. The van der Waals surface area contributed by atoms with E-state index >= 15 is 0 Å². The van der Waals surface area contributed by atoms with E-state index in [9.17, 15) is 18.0 Å². The number of alkyl halides is 3. The van der Waals surface area contributed by atoms with Gasteiger partial charge in [-0.05, 0) is 55.5 Å². The van der Waals surface area contributed by atoms with Gasteiger partial charge in [-0.2, -0.15) is 13.2 Å². The standard InChI is InChI=1S/C23H21F3N2O3/c1-15(22(29)28-19-8-4-3-7-18(19)23(24,25)26)27-16-11-13-17(14-12-16)31-21-10-6-5-9-20(21)30-2/h3-15,27H,1-2H3,(H,28,29). The minimum absolute atomic E-state index is 0.283. The van der Waals surface area contributed by atoms with E-state index in [4.69, 9.17) is 9.47 Å². The maximum Gasteiger partial charge on any atom is 0.418 e. The number of halogens is 3. The smallest absolute Gasteiger partial charge is 0.418 e. The maximum atomic E-state index is 13.1. The van der Waals surface area contributed by atoms with Crippen molar-refractivity contribution >= 4 is 17.3 Å². The summed E-state index contributed by atoms with van der Waals surface area (Å²) in [6.07, 6.45) is -4.56. The first-order valence-corrected chi connectivity index (χ1v) is 9.42. The summed E-state index contributed by atoms with van der Waals surface area (Å²) < 4.78 is 50.3. The number of ether oxygens (including phenoxy) is 2. The molecule has 31 heavy (non-hydrogen) atoms. The molecule has 8 heteroatoms. The topological polar surface area (TPSA) is 59.6 Å². The summed E-state index contributed by atoms with van der Waals surface area (Å²) in [7, 11) is 1.55. The predicted molar refractivity (Wildman–Crippen MR) is 113 cm³/mol. The van der Waals surface area contributed by atoms with E-state index in [0.29, 0.717) is 22.9 Å². The molecule has 0 radical (unpaired) electrons. The van der Waals surface area contributed by atoms with Gasteiger partial charge in [-0.3, -0.25) is 4.79 Å². The third-order valence-corrected chi connectivity index (χ3v) is 4.42. The van der Waals surface area contributed by atoms with Crippen LogP contribution in [0.2, 0.25) is 0 Å². The van der Waals surface area contributed by atoms with Crippen LogP contribution in [0.5, 0.6) is 17.2 Å². The number of carbonyl (C=O) groups is 1. The van der Waals surface area contributed by atoms with E-state index in [1.807, 2.05) is 12.1 Å². The van der Waals surface area contributed by atoms with Crippen LogP contribution in [0, 0.1) is 0 Å². The molecule has 0 spiro atoms. The third-order valence-electron chi connectivity index (χ3n) is 4.42. The molecular formula is C23H21F3N2O3. The van der Waals surface area contributed by atoms with Crippen LogP contribution >= 0.6 is 0 Å². The van der Waals surface area contributed by atoms with Gasteiger partial charge in [0.05, 0.1) is 18.4 Å². The molecule has 0 saturated carbocycles. The molecule has 3 rings (SSSR count). The first-order valence-electron chi connectivity index (χ1n) is 9.42. The van der Waals surface area contributed by atoms with Crippen molar-refractivity contribution in [2.24, 2.45) is 0 Å². The molecule has 1 atom stereocenters. The van der Waals surface area contributed by atoms with E-state index in [-0.39, 0.29) is 5.69 Å². The van der Waals surface area contributed by atoms with E-state index in [2.05, 4.69) is 10.6 Å². The Balaban J connectivity index is 1.63. The van der Waals surface area contributed by atoms with Crippen LogP contribution in [-0.4, -0.2) is 19.1 Å². The van der Waals surface area contributed by atoms with Crippen molar-refractivity contribution in [1.82, 2.24) is 0 Å². The molecule has 2 N–H and O–H groups in total. The lowest BCUT2D eigenvalue weighted by molar-refractivity contribution is -0.137. The Morgan fingerprint density at radius 1 is 0.903 bits per heavy atom. The zero-order chi connectivity index (χ0) is 22.4. The molecule has 0 fully saturated rings. The summed E-state index contributed by atoms with van der Waals surface area (Å²) in [5.41, 5.74) is -0.568. The summed E-state index contributed by atoms with van der Waals surface area (Å²) in [6.45, 7) is 1.56. The number of methoxy groups -OCH3 is 1. The number of para-hydroxylation sites is 3. The molecule has 0 aliphatic carbocycles. The second kappa shape index (κ2) is 9.42. The number of hydrogen-bond donors (Lipinski definition) is 2. The Labute approximate surface area is 177 Å². The highest BCUT2D eigenvalue weighted by molar-refractivity contribution is 5.96. The summed E-state index contributed by atoms with van der Waals surface area (Å²) >= 11 is 0. The second-order valence-electron chi connectivity index (χ2n) is 6.68. The molecule has 0 heterocycles. The first-order chi connectivity index (χ1) is 14.8. The van der Waals surface area contributed by atoms with Gasteiger partial charge in [0.2, 0.25) is 5.91 Å². The molecule has 5 nitrogen and oxygen atoms in total. The zero-order valence-corrected chi connectivity index (χ0v) is 16.9. The van der Waals surface area contributed by atoms with Crippen molar-refractivity contribution < 1.29 is 27.4 Å². The monoisotopic (exact) mass is 430 g/mol. The van der Waals surface area contributed by atoms with Gasteiger partial charge < -0.3 is 20.1 Å². The fraction of sp³-hybridized carbons (Fsp3) is 0.174. The number of carbonyl (C=O) groups excluding carboxylic acids is 1. The molecule has 0 aliphatic rings. The molecular weight excluding hydrogens is 409 g/mol. The van der Waals surface area contributed by atoms with Crippen LogP contribution in [0.3, 0.4) is 0 Å². The van der Waals surface area contributed by atoms with Gasteiger partial charge in [0.1, 0.15) is 11.8 Å². The Hall–Kier alpha value is -3.68. The summed E-state index contributed by atoms with van der Waals surface area (Å²) in [6, 6.07) is 18.1. The van der Waals surface area contributed by atoms with Crippen LogP contribution in [0.15, 0.2) is 72.8 Å². The van der Waals surface area contributed by atoms with Gasteiger partial charge in [0.25, 0.3) is 0 Å². The molecule has 0 bridgehead atoms. The van der Waals surface area contributed by atoms with Crippen molar-refractivity contribution in [3.8, 4) is 17.2 Å². The molecule has 1 unspecified atom stereocenters. The zero-order valence-electron chi connectivity index (χ0n) is 16.9. The van der Waals surface area contributed by atoms with Crippen molar-refractivity contribution in [2.75, 3.05) is 17.7 Å². The average molecular weight is 430 g/mol. The fourth-order valence-electron chi connectivity index (χ4n) is 2.85. The SMILES string of the molecule is COc1ccccc1Oc1ccc(NC(C)C(=O)Nc2ccccc2C(F)(F)F)cc1. The number of nitrogens with one attached hydrogen (secondary N) is 2. The van der Waals surface area contributed by atoms with Gasteiger partial charge in [0.15, 0.2) is 11.5 Å². The number of anilines is 2. The van der Waals surface area contributed by atoms with Crippen molar-refractivity contribution in [3.05, 3.63) is 78.4 Å². The molecule has 3 aromatic carbocycles. The van der Waals surface area contributed by atoms with E-state index in [1.54, 1.807) is 50.4 Å². The second-order valence-corrected chi connectivity index (χ2v) is 6.68. The lowest BCUT2D eigenvalue weighted by atomic mass is 10.1. The number of amides is 1. The Morgan fingerprint density at radius 3 is 2.16 bits per heavy atom. The lowest BCUT2D eigenvalue weighted by Gasteiger charge is -2.18. The van der Waals surface area contributed by atoms with Crippen LogP contribution in [0.4, 0.5) is 24.5 Å². The van der Waals surface area contributed by atoms with Crippen LogP contribution < -0.4 is 20.1 Å². The van der Waals surface area contributed by atoms with Gasteiger partial charge in [-0.25, -0.2) is 0 Å². The van der Waals surface area contributed by atoms with Gasteiger partial charge in [-0.15, -0.1) is 0 Å². The molecule has 0 aromatic heterocycles. The van der Waals surface area contributed by atoms with Crippen LogP contribution in [0.1, 0.15) is 12.5 Å². The maximum absolute atomic E-state index is 13.1. The van der Waals surface area contributed by atoms with E-state index < -0.39 is 23.7 Å². The van der Waals surface area contributed by atoms with Gasteiger partial charge in [0, 0.05) is 5.69 Å². The van der Waals surface area contributed by atoms with Crippen molar-refractivity contribution in [2.45, 2.75) is 19.1 Å². The highest BCUT2D eigenvalue weighted by Crippen LogP contribution is 2.35. The molecule has 0 aliphatic heterocycles. The predicted octanol–water partition coefficient (Wildman–Crippen LogP) is 5.95. The van der Waals surface area contributed by atoms with Crippen LogP contribution in [0.25, 0.3) is 0 Å². The van der Waals surface area contributed by atoms with Gasteiger partial charge >= 0.3 is 6.18 Å². The summed E-state index contributed by atoms with van der Waals surface area (Å²) in [5.74, 6) is 1.12. The van der Waals surface area contributed by atoms with E-state index in [0.717, 1.165) is 6.07 Å². The largest absolute Gasteiger partial charge is 0.493 e. The molecule has 0 saturated heterocycles. The average Bonchev–Trinajstić information content (AvgIpc) is 2.75. The first kappa shape index (κ1) is 22.0. The highest BCUT2D eigenvalue weighted by Gasteiger charge is 2.33. The molecule has 1 amide bonds. The number of hydrogen-bond acceptors (Lipinski definition) is 4. The number of rotatable bonds is 7. The van der Waals surface area contributed by atoms with E-state index in [1.165, 1.54) is 18.2 Å². The highest BCUT2D eigenvalue weighted by atomic mass is 19.4. The van der Waals surface area contributed by atoms with Crippen molar-refractivity contribution in [1.29, 1.82) is 0 Å². The fourth-order valence-corrected chi connectivity index (χ4v) is 2.85. The quantitative estimate of drug-likeness (QED) is 0.487. The van der Waals surface area contributed by atoms with Crippen LogP contribution in [-0.2, 0) is 11.0 Å². The summed E-state index contributed by atoms with van der Waals surface area (Å²) in [5, 5.41) is 5.29. The molecule has 162 valence electrons. The Kier molecular flexibility index (Phi) is 6.69. The lowest BCUT2D eigenvalue weighted by Crippen LogP contribution is -2.32. The summed E-state index contributed by atoms with van der Waals surface area (Å²) in [4.78, 5) is 12.4.